The second kappa shape index (κ2) is 4.90. The molecule has 82 valence electrons. The Morgan fingerprint density at radius 1 is 1.47 bits per heavy atom. The van der Waals surface area contributed by atoms with Crippen LogP contribution in [-0.2, 0) is 0 Å². The zero-order valence-corrected chi connectivity index (χ0v) is 10.0. The Bertz CT molecular complexity index is 317. The van der Waals surface area contributed by atoms with Gasteiger partial charge in [0, 0.05) is 32.1 Å². The highest BCUT2D eigenvalue weighted by atomic mass is 79.9. The van der Waals surface area contributed by atoms with Crippen molar-refractivity contribution in [2.24, 2.45) is 5.92 Å². The highest BCUT2D eigenvalue weighted by Crippen LogP contribution is 2.20. The number of aliphatic hydroxyl groups is 1. The summed E-state index contributed by atoms with van der Waals surface area (Å²) in [5.74, 6) is 1.13. The second-order valence-electron chi connectivity index (χ2n) is 3.84. The molecule has 0 saturated carbocycles. The summed E-state index contributed by atoms with van der Waals surface area (Å²) in [6, 6.07) is 0. The van der Waals surface area contributed by atoms with Gasteiger partial charge in [-0.1, -0.05) is 0 Å². The zero-order valence-electron chi connectivity index (χ0n) is 8.43. The van der Waals surface area contributed by atoms with Crippen molar-refractivity contribution in [3.8, 4) is 0 Å². The van der Waals surface area contributed by atoms with E-state index >= 15 is 0 Å². The summed E-state index contributed by atoms with van der Waals surface area (Å²) in [5.41, 5.74) is 0. The molecule has 5 heteroatoms. The topological polar surface area (TPSA) is 49.2 Å². The normalized spacial score (nSPS) is 21.7. The molecule has 0 unspecified atom stereocenters. The maximum Gasteiger partial charge on any atom is 0.225 e. The average Bonchev–Trinajstić information content (AvgIpc) is 2.30. The molecule has 1 aliphatic heterocycles. The molecule has 0 amide bonds. The molecule has 1 saturated heterocycles. The van der Waals surface area contributed by atoms with Gasteiger partial charge >= 0.3 is 0 Å². The minimum Gasteiger partial charge on any atom is -0.396 e. The Hall–Kier alpha value is -0.680. The molecular formula is C10H14BrN3O. The standard InChI is InChI=1S/C10H14BrN3O/c11-9-4-12-10(13-5-9)14-3-1-2-8(6-14)7-15/h4-5,8,15H,1-3,6-7H2/t8-/m1/s1. The monoisotopic (exact) mass is 271 g/mol. The summed E-state index contributed by atoms with van der Waals surface area (Å²) >= 11 is 3.31. The molecule has 0 aromatic carbocycles. The summed E-state index contributed by atoms with van der Waals surface area (Å²) in [7, 11) is 0. The van der Waals surface area contributed by atoms with Crippen molar-refractivity contribution in [3.63, 3.8) is 0 Å². The average molecular weight is 272 g/mol. The Kier molecular flexibility index (Phi) is 3.53. The molecule has 2 heterocycles. The van der Waals surface area contributed by atoms with Crippen molar-refractivity contribution < 1.29 is 5.11 Å². The van der Waals surface area contributed by atoms with Crippen LogP contribution in [0.1, 0.15) is 12.8 Å². The first-order valence-corrected chi connectivity index (χ1v) is 5.92. The molecule has 1 atom stereocenters. The minimum absolute atomic E-state index is 0.257. The van der Waals surface area contributed by atoms with E-state index < -0.39 is 0 Å². The van der Waals surface area contributed by atoms with Gasteiger partial charge in [0.2, 0.25) is 5.95 Å². The third-order valence-corrected chi connectivity index (χ3v) is 3.08. The van der Waals surface area contributed by atoms with Gasteiger partial charge in [-0.25, -0.2) is 9.97 Å². The van der Waals surface area contributed by atoms with Gasteiger partial charge in [-0.2, -0.15) is 0 Å². The van der Waals surface area contributed by atoms with E-state index in [1.807, 2.05) is 0 Å². The third kappa shape index (κ3) is 2.66. The highest BCUT2D eigenvalue weighted by Gasteiger charge is 2.20. The lowest BCUT2D eigenvalue weighted by Crippen LogP contribution is -2.37. The van der Waals surface area contributed by atoms with E-state index in [4.69, 9.17) is 5.11 Å². The van der Waals surface area contributed by atoms with Crippen LogP contribution in [0.5, 0.6) is 0 Å². The number of aromatic nitrogens is 2. The first-order chi connectivity index (χ1) is 7.29. The Balaban J connectivity index is 2.06. The Labute approximate surface area is 97.5 Å². The number of piperidine rings is 1. The highest BCUT2D eigenvalue weighted by molar-refractivity contribution is 9.10. The van der Waals surface area contributed by atoms with Crippen molar-refractivity contribution in [1.29, 1.82) is 0 Å². The predicted octanol–water partition coefficient (Wildman–Crippen LogP) is 1.45. The van der Waals surface area contributed by atoms with Gasteiger partial charge < -0.3 is 10.0 Å². The summed E-state index contributed by atoms with van der Waals surface area (Å²) in [4.78, 5) is 10.6. The number of aliphatic hydroxyl groups excluding tert-OH is 1. The molecule has 1 aliphatic rings. The van der Waals surface area contributed by atoms with Crippen molar-refractivity contribution in [1.82, 2.24) is 9.97 Å². The molecule has 0 spiro atoms. The van der Waals surface area contributed by atoms with Crippen LogP contribution in [0.2, 0.25) is 0 Å². The van der Waals surface area contributed by atoms with Gasteiger partial charge in [-0.05, 0) is 34.7 Å². The van der Waals surface area contributed by atoms with Crippen LogP contribution in [0, 0.1) is 5.92 Å². The van der Waals surface area contributed by atoms with Crippen molar-refractivity contribution in [3.05, 3.63) is 16.9 Å². The molecule has 1 aromatic heterocycles. The number of hydrogen-bond donors (Lipinski definition) is 1. The molecule has 1 aromatic rings. The minimum atomic E-state index is 0.257. The largest absolute Gasteiger partial charge is 0.396 e. The quantitative estimate of drug-likeness (QED) is 0.885. The van der Waals surface area contributed by atoms with Crippen LogP contribution in [0.4, 0.5) is 5.95 Å². The lowest BCUT2D eigenvalue weighted by molar-refractivity contribution is 0.208. The van der Waals surface area contributed by atoms with Crippen LogP contribution in [0.25, 0.3) is 0 Å². The van der Waals surface area contributed by atoms with E-state index in [9.17, 15) is 0 Å². The van der Waals surface area contributed by atoms with Gasteiger partial charge in [0.05, 0.1) is 4.47 Å². The third-order valence-electron chi connectivity index (χ3n) is 2.67. The van der Waals surface area contributed by atoms with E-state index in [0.717, 1.165) is 36.4 Å². The molecule has 2 rings (SSSR count). The molecule has 15 heavy (non-hydrogen) atoms. The smallest absolute Gasteiger partial charge is 0.225 e. The fraction of sp³-hybridized carbons (Fsp3) is 0.600. The zero-order chi connectivity index (χ0) is 10.7. The fourth-order valence-corrected chi connectivity index (χ4v) is 2.07. The van der Waals surface area contributed by atoms with Crippen LogP contribution < -0.4 is 4.90 Å². The molecular weight excluding hydrogens is 258 g/mol. The van der Waals surface area contributed by atoms with Crippen molar-refractivity contribution >= 4 is 21.9 Å². The van der Waals surface area contributed by atoms with Crippen molar-refractivity contribution in [2.75, 3.05) is 24.6 Å². The number of nitrogens with zero attached hydrogens (tertiary/aromatic N) is 3. The first kappa shape index (κ1) is 10.8. The van der Waals surface area contributed by atoms with Gasteiger partial charge in [-0.15, -0.1) is 0 Å². The number of anilines is 1. The van der Waals surface area contributed by atoms with E-state index in [-0.39, 0.29) is 6.61 Å². The van der Waals surface area contributed by atoms with Crippen LogP contribution in [0.15, 0.2) is 16.9 Å². The van der Waals surface area contributed by atoms with Crippen LogP contribution >= 0.6 is 15.9 Å². The molecule has 0 radical (unpaired) electrons. The van der Waals surface area contributed by atoms with Crippen LogP contribution in [-0.4, -0.2) is 34.8 Å². The van der Waals surface area contributed by atoms with Gasteiger partial charge in [0.25, 0.3) is 0 Å². The van der Waals surface area contributed by atoms with Gasteiger partial charge in [-0.3, -0.25) is 0 Å². The summed E-state index contributed by atoms with van der Waals surface area (Å²) in [6.07, 6.45) is 5.71. The Morgan fingerprint density at radius 2 is 2.20 bits per heavy atom. The first-order valence-electron chi connectivity index (χ1n) is 5.13. The summed E-state index contributed by atoms with van der Waals surface area (Å²) in [6.45, 7) is 2.10. The van der Waals surface area contributed by atoms with Crippen molar-refractivity contribution in [2.45, 2.75) is 12.8 Å². The van der Waals surface area contributed by atoms with E-state index in [1.165, 1.54) is 0 Å². The fourth-order valence-electron chi connectivity index (χ4n) is 1.86. The van der Waals surface area contributed by atoms with Gasteiger partial charge in [0.15, 0.2) is 0 Å². The van der Waals surface area contributed by atoms with E-state index in [0.29, 0.717) is 5.92 Å². The number of rotatable bonds is 2. The lowest BCUT2D eigenvalue weighted by atomic mass is 9.99. The molecule has 0 aliphatic carbocycles. The van der Waals surface area contributed by atoms with E-state index in [1.54, 1.807) is 12.4 Å². The Morgan fingerprint density at radius 3 is 2.87 bits per heavy atom. The van der Waals surface area contributed by atoms with Gasteiger partial charge in [0.1, 0.15) is 0 Å². The molecule has 0 bridgehead atoms. The summed E-state index contributed by atoms with van der Waals surface area (Å²) in [5, 5.41) is 9.12. The maximum absolute atomic E-state index is 9.12. The molecule has 1 N–H and O–H groups in total. The number of halogens is 1. The molecule has 1 fully saturated rings. The predicted molar refractivity (Wildman–Crippen MR) is 61.8 cm³/mol. The van der Waals surface area contributed by atoms with E-state index in [2.05, 4.69) is 30.8 Å². The maximum atomic E-state index is 9.12. The summed E-state index contributed by atoms with van der Waals surface area (Å²) < 4.78 is 0.891. The van der Waals surface area contributed by atoms with Crippen LogP contribution in [0.3, 0.4) is 0 Å². The lowest BCUT2D eigenvalue weighted by Gasteiger charge is -2.31. The number of hydrogen-bond acceptors (Lipinski definition) is 4. The second-order valence-corrected chi connectivity index (χ2v) is 4.75. The molecule has 4 nitrogen and oxygen atoms in total. The SMILES string of the molecule is OC[C@@H]1CCCN(c2ncc(Br)cn2)C1.